The summed E-state index contributed by atoms with van der Waals surface area (Å²) in [5.74, 6) is -1.08. The minimum atomic E-state index is -3.77. The number of hydrogen-bond donors (Lipinski definition) is 3. The van der Waals surface area contributed by atoms with E-state index in [2.05, 4.69) is 10.6 Å². The number of Topliss-reactive ketones (excluding diaryl/α,β-unsaturated/α-hetero) is 1. The van der Waals surface area contributed by atoms with Crippen molar-refractivity contribution in [3.05, 3.63) is 95.2 Å². The van der Waals surface area contributed by atoms with Gasteiger partial charge in [-0.15, -0.1) is 0 Å². The molecule has 1 aliphatic heterocycles. The summed E-state index contributed by atoms with van der Waals surface area (Å²) in [5.41, 5.74) is 3.99. The van der Waals surface area contributed by atoms with E-state index in [1.54, 1.807) is 48.5 Å². The number of fused-ring (bicyclic) bond motifs is 1. The second kappa shape index (κ2) is 9.05. The number of sulfonamides is 1. The summed E-state index contributed by atoms with van der Waals surface area (Å²) < 4.78 is 22.8. The average Bonchev–Trinajstić information content (AvgIpc) is 2.80. The van der Waals surface area contributed by atoms with Gasteiger partial charge in [0, 0.05) is 29.4 Å². The summed E-state index contributed by atoms with van der Waals surface area (Å²) in [6.45, 7) is 1.80. The van der Waals surface area contributed by atoms with Gasteiger partial charge in [-0.25, -0.2) is 13.6 Å². The molecule has 9 heteroatoms. The van der Waals surface area contributed by atoms with Crippen LogP contribution in [0.1, 0.15) is 38.8 Å². The van der Waals surface area contributed by atoms with Crippen molar-refractivity contribution in [3.63, 3.8) is 0 Å². The van der Waals surface area contributed by atoms with Crippen LogP contribution in [-0.4, -0.2) is 26.0 Å². The number of carbonyl (C=O) groups excluding carboxylic acids is 3. The molecule has 0 spiro atoms. The van der Waals surface area contributed by atoms with Crippen LogP contribution < -0.4 is 15.8 Å². The highest BCUT2D eigenvalue weighted by atomic mass is 32.2. The molecule has 1 heterocycles. The van der Waals surface area contributed by atoms with E-state index in [0.29, 0.717) is 23.2 Å². The number of nitrogens with two attached hydrogens (primary N) is 1. The third kappa shape index (κ3) is 4.80. The van der Waals surface area contributed by atoms with Crippen molar-refractivity contribution in [2.75, 3.05) is 0 Å². The van der Waals surface area contributed by atoms with Crippen molar-refractivity contribution < 1.29 is 22.8 Å². The molecule has 34 heavy (non-hydrogen) atoms. The zero-order valence-electron chi connectivity index (χ0n) is 18.2. The Kier molecular flexibility index (Phi) is 6.14. The SMILES string of the molecule is CC(=O)c1cccc(-c2ccc3c(c2)/C(=C/NCc2ccc(S(N)(=O)=O)cc2)C(=O)NC3=O)c1. The number of rotatable bonds is 6. The number of hydrogen-bond acceptors (Lipinski definition) is 6. The van der Waals surface area contributed by atoms with E-state index < -0.39 is 21.8 Å². The quantitative estimate of drug-likeness (QED) is 0.285. The fourth-order valence-electron chi connectivity index (χ4n) is 3.63. The van der Waals surface area contributed by atoms with Gasteiger partial charge in [-0.3, -0.25) is 19.7 Å². The topological polar surface area (TPSA) is 135 Å². The maximum Gasteiger partial charge on any atom is 0.260 e. The summed E-state index contributed by atoms with van der Waals surface area (Å²) >= 11 is 0. The number of imide groups is 1. The van der Waals surface area contributed by atoms with Gasteiger partial charge < -0.3 is 5.32 Å². The van der Waals surface area contributed by atoms with E-state index in [9.17, 15) is 22.8 Å². The van der Waals surface area contributed by atoms with E-state index in [-0.39, 0.29) is 16.3 Å². The van der Waals surface area contributed by atoms with Gasteiger partial charge in [-0.05, 0) is 53.9 Å². The second-order valence-electron chi connectivity index (χ2n) is 7.81. The lowest BCUT2D eigenvalue weighted by Gasteiger charge is -2.19. The van der Waals surface area contributed by atoms with Crippen LogP contribution in [0.25, 0.3) is 16.7 Å². The molecule has 2 amide bonds. The Morgan fingerprint density at radius 2 is 1.65 bits per heavy atom. The maximum atomic E-state index is 12.6. The van der Waals surface area contributed by atoms with E-state index in [4.69, 9.17) is 5.14 Å². The summed E-state index contributed by atoms with van der Waals surface area (Å²) in [6, 6.07) is 18.3. The van der Waals surface area contributed by atoms with Crippen molar-refractivity contribution in [3.8, 4) is 11.1 Å². The normalized spacial score (nSPS) is 14.5. The summed E-state index contributed by atoms with van der Waals surface area (Å²) in [5, 5.41) is 10.5. The Morgan fingerprint density at radius 1 is 0.941 bits per heavy atom. The Hall–Kier alpha value is -4.08. The molecule has 1 aliphatic rings. The number of carbonyl (C=O) groups is 3. The van der Waals surface area contributed by atoms with Gasteiger partial charge >= 0.3 is 0 Å². The second-order valence-corrected chi connectivity index (χ2v) is 9.37. The van der Waals surface area contributed by atoms with Crippen LogP contribution in [0.2, 0.25) is 0 Å². The standard InChI is InChI=1S/C25H21N3O5S/c1-15(29)17-3-2-4-18(11-17)19-7-10-21-22(12-19)23(25(31)28-24(21)30)14-27-13-16-5-8-20(9-6-16)34(26,32)33/h2-12,14,27H,13H2,1H3,(H2,26,32,33)(H,28,30,31)/b23-14-. The molecule has 0 bridgehead atoms. The zero-order chi connectivity index (χ0) is 24.5. The van der Waals surface area contributed by atoms with Gasteiger partial charge in [0.05, 0.1) is 10.5 Å². The molecular formula is C25H21N3O5S. The highest BCUT2D eigenvalue weighted by Crippen LogP contribution is 2.30. The first-order valence-corrected chi connectivity index (χ1v) is 11.8. The molecule has 172 valence electrons. The van der Waals surface area contributed by atoms with Gasteiger partial charge in [0.1, 0.15) is 0 Å². The number of primary sulfonamides is 1. The molecule has 0 saturated carbocycles. The molecule has 4 rings (SSSR count). The van der Waals surface area contributed by atoms with Gasteiger partial charge in [-0.2, -0.15) is 0 Å². The Labute approximate surface area is 196 Å². The number of amides is 2. The van der Waals surface area contributed by atoms with Crippen LogP contribution in [0.3, 0.4) is 0 Å². The third-order valence-corrected chi connectivity index (χ3v) is 6.36. The largest absolute Gasteiger partial charge is 0.386 e. The molecule has 4 N–H and O–H groups in total. The van der Waals surface area contributed by atoms with Crippen molar-refractivity contribution in [2.24, 2.45) is 5.14 Å². The first kappa shape index (κ1) is 23.1. The predicted molar refractivity (Wildman–Crippen MR) is 127 cm³/mol. The van der Waals surface area contributed by atoms with Gasteiger partial charge in [0.25, 0.3) is 11.8 Å². The van der Waals surface area contributed by atoms with Crippen molar-refractivity contribution in [1.82, 2.24) is 10.6 Å². The number of nitrogens with one attached hydrogen (secondary N) is 2. The van der Waals surface area contributed by atoms with Crippen LogP contribution >= 0.6 is 0 Å². The lowest BCUT2D eigenvalue weighted by molar-refractivity contribution is -0.114. The molecule has 3 aromatic carbocycles. The van der Waals surface area contributed by atoms with Crippen LogP contribution in [0, 0.1) is 0 Å². The molecule has 0 radical (unpaired) electrons. The Balaban J connectivity index is 1.64. The van der Waals surface area contributed by atoms with Gasteiger partial charge in [-0.1, -0.05) is 36.4 Å². The minimum absolute atomic E-state index is 0.00933. The lowest BCUT2D eigenvalue weighted by atomic mass is 9.91. The summed E-state index contributed by atoms with van der Waals surface area (Å²) in [6.07, 6.45) is 1.52. The maximum absolute atomic E-state index is 12.6. The predicted octanol–water partition coefficient (Wildman–Crippen LogP) is 2.60. The first-order chi connectivity index (χ1) is 16.1. The molecule has 0 aliphatic carbocycles. The third-order valence-electron chi connectivity index (χ3n) is 5.43. The lowest BCUT2D eigenvalue weighted by Crippen LogP contribution is -2.37. The molecule has 8 nitrogen and oxygen atoms in total. The van der Waals surface area contributed by atoms with Crippen molar-refractivity contribution in [1.29, 1.82) is 0 Å². The highest BCUT2D eigenvalue weighted by Gasteiger charge is 2.27. The Bertz CT molecular complexity index is 1460. The summed E-state index contributed by atoms with van der Waals surface area (Å²) in [4.78, 5) is 36.7. The smallest absolute Gasteiger partial charge is 0.260 e. The molecular weight excluding hydrogens is 454 g/mol. The molecule has 0 aromatic heterocycles. The first-order valence-electron chi connectivity index (χ1n) is 10.3. The average molecular weight is 476 g/mol. The van der Waals surface area contributed by atoms with Crippen molar-refractivity contribution in [2.45, 2.75) is 18.4 Å². The fourth-order valence-corrected chi connectivity index (χ4v) is 4.15. The van der Waals surface area contributed by atoms with Crippen LogP contribution in [0.15, 0.2) is 77.8 Å². The molecule has 0 fully saturated rings. The van der Waals surface area contributed by atoms with E-state index in [0.717, 1.165) is 16.7 Å². The molecule has 0 saturated heterocycles. The molecule has 3 aromatic rings. The molecule has 0 unspecified atom stereocenters. The van der Waals surface area contributed by atoms with Gasteiger partial charge in [0.15, 0.2) is 5.78 Å². The number of benzene rings is 3. The van der Waals surface area contributed by atoms with E-state index in [1.165, 1.54) is 25.3 Å². The van der Waals surface area contributed by atoms with E-state index in [1.807, 2.05) is 6.07 Å². The molecule has 0 atom stereocenters. The van der Waals surface area contributed by atoms with Crippen LogP contribution in [0.4, 0.5) is 0 Å². The van der Waals surface area contributed by atoms with Gasteiger partial charge in [0.2, 0.25) is 10.0 Å². The zero-order valence-corrected chi connectivity index (χ0v) is 19.0. The van der Waals surface area contributed by atoms with E-state index >= 15 is 0 Å². The highest BCUT2D eigenvalue weighted by molar-refractivity contribution is 7.89. The summed E-state index contributed by atoms with van der Waals surface area (Å²) in [7, 11) is -3.77. The van der Waals surface area contributed by atoms with Crippen LogP contribution in [-0.2, 0) is 21.4 Å². The van der Waals surface area contributed by atoms with Crippen LogP contribution in [0.5, 0.6) is 0 Å². The minimum Gasteiger partial charge on any atom is -0.386 e. The van der Waals surface area contributed by atoms with Crippen molar-refractivity contribution >= 4 is 33.2 Å². The Morgan fingerprint density at radius 3 is 2.32 bits per heavy atom. The monoisotopic (exact) mass is 475 g/mol. The fraction of sp³-hybridized carbons (Fsp3) is 0.0800. The number of ketones is 1.